The van der Waals surface area contributed by atoms with Crippen LogP contribution in [-0.2, 0) is 4.79 Å². The maximum Gasteiger partial charge on any atom is 0.257 e. The number of nitrogens with zero attached hydrogens (tertiary/aromatic N) is 1. The number of nitrogens with one attached hydrogen (secondary N) is 2. The molecule has 146 valence electrons. The zero-order valence-corrected chi connectivity index (χ0v) is 16.3. The Morgan fingerprint density at radius 1 is 1.04 bits per heavy atom. The molecule has 3 amide bonds. The van der Waals surface area contributed by atoms with Crippen molar-refractivity contribution in [1.29, 1.82) is 0 Å². The molecular formula is C21H22ClN3O3. The summed E-state index contributed by atoms with van der Waals surface area (Å²) in [6.07, 6.45) is 1.29. The minimum atomic E-state index is -0.332. The summed E-state index contributed by atoms with van der Waals surface area (Å²) in [6, 6.07) is 13.6. The zero-order valence-electron chi connectivity index (χ0n) is 15.6. The highest BCUT2D eigenvalue weighted by Crippen LogP contribution is 2.21. The molecule has 0 aromatic heterocycles. The van der Waals surface area contributed by atoms with Crippen molar-refractivity contribution < 1.29 is 14.4 Å². The van der Waals surface area contributed by atoms with E-state index < -0.39 is 0 Å². The standard InChI is InChI=1S/C21H22ClN3O3/c1-23-19(26)14-9-11-25(12-10-14)21(28)15-5-4-6-16(13-15)24-20(27)17-7-2-3-8-18(17)22/h2-8,13-14H,9-12H2,1H3,(H,23,26)(H,24,27). The van der Waals surface area contributed by atoms with E-state index in [1.165, 1.54) is 0 Å². The Balaban J connectivity index is 1.66. The van der Waals surface area contributed by atoms with Crippen LogP contribution in [0.1, 0.15) is 33.6 Å². The van der Waals surface area contributed by atoms with E-state index in [1.807, 2.05) is 0 Å². The van der Waals surface area contributed by atoms with Crippen LogP contribution in [0.5, 0.6) is 0 Å². The largest absolute Gasteiger partial charge is 0.359 e. The molecule has 28 heavy (non-hydrogen) atoms. The Kier molecular flexibility index (Phi) is 6.31. The van der Waals surface area contributed by atoms with Gasteiger partial charge in [0.25, 0.3) is 11.8 Å². The van der Waals surface area contributed by atoms with Gasteiger partial charge in [-0.1, -0.05) is 29.8 Å². The summed E-state index contributed by atoms with van der Waals surface area (Å²) < 4.78 is 0. The van der Waals surface area contributed by atoms with Crippen LogP contribution in [0.25, 0.3) is 0 Å². The molecule has 0 radical (unpaired) electrons. The Morgan fingerprint density at radius 3 is 2.43 bits per heavy atom. The first-order valence-corrected chi connectivity index (χ1v) is 9.54. The summed E-state index contributed by atoms with van der Waals surface area (Å²) in [6.45, 7) is 1.07. The van der Waals surface area contributed by atoms with Crippen molar-refractivity contribution in [3.05, 3.63) is 64.7 Å². The molecule has 1 fully saturated rings. The van der Waals surface area contributed by atoms with E-state index in [-0.39, 0.29) is 23.6 Å². The van der Waals surface area contributed by atoms with Crippen LogP contribution in [0, 0.1) is 5.92 Å². The molecule has 0 atom stereocenters. The third-order valence-electron chi connectivity index (χ3n) is 4.89. The first kappa shape index (κ1) is 19.9. The molecule has 1 aliphatic heterocycles. The Morgan fingerprint density at radius 2 is 1.75 bits per heavy atom. The number of benzene rings is 2. The maximum absolute atomic E-state index is 12.8. The second kappa shape index (κ2) is 8.89. The van der Waals surface area contributed by atoms with Gasteiger partial charge in [0.1, 0.15) is 0 Å². The third-order valence-corrected chi connectivity index (χ3v) is 5.21. The SMILES string of the molecule is CNC(=O)C1CCN(C(=O)c2cccc(NC(=O)c3ccccc3Cl)c2)CC1. The van der Waals surface area contributed by atoms with E-state index in [0.717, 1.165) is 0 Å². The zero-order chi connectivity index (χ0) is 20.1. The van der Waals surface area contributed by atoms with Crippen LogP contribution < -0.4 is 10.6 Å². The molecule has 1 aliphatic rings. The number of anilines is 1. The fourth-order valence-corrected chi connectivity index (χ4v) is 3.53. The third kappa shape index (κ3) is 4.51. The lowest BCUT2D eigenvalue weighted by Gasteiger charge is -2.31. The van der Waals surface area contributed by atoms with Gasteiger partial charge in [-0.25, -0.2) is 0 Å². The summed E-state index contributed by atoms with van der Waals surface area (Å²) >= 11 is 6.06. The van der Waals surface area contributed by atoms with Gasteiger partial charge in [0.2, 0.25) is 5.91 Å². The highest BCUT2D eigenvalue weighted by molar-refractivity contribution is 6.34. The second-order valence-corrected chi connectivity index (χ2v) is 7.10. The minimum absolute atomic E-state index is 0.0244. The Hall–Kier alpha value is -2.86. The van der Waals surface area contributed by atoms with Crippen LogP contribution in [-0.4, -0.2) is 42.8 Å². The lowest BCUT2D eigenvalue weighted by atomic mass is 9.95. The number of hydrogen-bond donors (Lipinski definition) is 2. The van der Waals surface area contributed by atoms with Crippen LogP contribution in [0.2, 0.25) is 5.02 Å². The molecule has 3 rings (SSSR count). The predicted molar refractivity (Wildman–Crippen MR) is 109 cm³/mol. The molecule has 0 bridgehead atoms. The van der Waals surface area contributed by atoms with Crippen molar-refractivity contribution in [3.8, 4) is 0 Å². The first-order valence-electron chi connectivity index (χ1n) is 9.16. The van der Waals surface area contributed by atoms with Gasteiger partial charge in [-0.15, -0.1) is 0 Å². The van der Waals surface area contributed by atoms with E-state index in [0.29, 0.717) is 47.8 Å². The average Bonchev–Trinajstić information content (AvgIpc) is 2.73. The summed E-state index contributed by atoms with van der Waals surface area (Å²) in [4.78, 5) is 38.7. The van der Waals surface area contributed by atoms with Gasteiger partial charge < -0.3 is 15.5 Å². The summed E-state index contributed by atoms with van der Waals surface area (Å²) in [5.74, 6) is -0.461. The van der Waals surface area contributed by atoms with Crippen molar-refractivity contribution in [1.82, 2.24) is 10.2 Å². The lowest BCUT2D eigenvalue weighted by molar-refractivity contribution is -0.125. The number of piperidine rings is 1. The van der Waals surface area contributed by atoms with Crippen LogP contribution in [0.15, 0.2) is 48.5 Å². The molecule has 1 heterocycles. The molecule has 0 aliphatic carbocycles. The van der Waals surface area contributed by atoms with Crippen molar-refractivity contribution in [2.45, 2.75) is 12.8 Å². The second-order valence-electron chi connectivity index (χ2n) is 6.70. The van der Waals surface area contributed by atoms with Gasteiger partial charge in [-0.3, -0.25) is 14.4 Å². The van der Waals surface area contributed by atoms with Crippen molar-refractivity contribution in [3.63, 3.8) is 0 Å². The normalized spacial score (nSPS) is 14.4. The molecular weight excluding hydrogens is 378 g/mol. The quantitative estimate of drug-likeness (QED) is 0.828. The van der Waals surface area contributed by atoms with E-state index in [4.69, 9.17) is 11.6 Å². The summed E-state index contributed by atoms with van der Waals surface area (Å²) in [5, 5.41) is 5.81. The number of carbonyl (C=O) groups excluding carboxylic acids is 3. The van der Waals surface area contributed by atoms with Crippen molar-refractivity contribution in [2.24, 2.45) is 5.92 Å². The first-order chi connectivity index (χ1) is 13.5. The molecule has 6 nitrogen and oxygen atoms in total. The highest BCUT2D eigenvalue weighted by Gasteiger charge is 2.27. The van der Waals surface area contributed by atoms with Gasteiger partial charge in [0.05, 0.1) is 10.6 Å². The molecule has 2 aromatic rings. The number of carbonyl (C=O) groups is 3. The number of halogens is 1. The predicted octanol–water partition coefficient (Wildman–Crippen LogP) is 3.19. The van der Waals surface area contributed by atoms with Crippen molar-refractivity contribution in [2.75, 3.05) is 25.5 Å². The Labute approximate surface area is 168 Å². The van der Waals surface area contributed by atoms with Crippen LogP contribution >= 0.6 is 11.6 Å². The highest BCUT2D eigenvalue weighted by atomic mass is 35.5. The molecule has 1 saturated heterocycles. The topological polar surface area (TPSA) is 78.5 Å². The number of hydrogen-bond acceptors (Lipinski definition) is 3. The fraction of sp³-hybridized carbons (Fsp3) is 0.286. The average molecular weight is 400 g/mol. The summed E-state index contributed by atoms with van der Waals surface area (Å²) in [7, 11) is 1.63. The molecule has 0 saturated carbocycles. The van der Waals surface area contributed by atoms with Crippen molar-refractivity contribution >= 4 is 35.0 Å². The van der Waals surface area contributed by atoms with Crippen LogP contribution in [0.3, 0.4) is 0 Å². The Bertz CT molecular complexity index is 892. The lowest BCUT2D eigenvalue weighted by Crippen LogP contribution is -2.42. The summed E-state index contributed by atoms with van der Waals surface area (Å²) in [5.41, 5.74) is 1.39. The molecule has 2 N–H and O–H groups in total. The minimum Gasteiger partial charge on any atom is -0.359 e. The van der Waals surface area contributed by atoms with Gasteiger partial charge in [0.15, 0.2) is 0 Å². The van der Waals surface area contributed by atoms with E-state index >= 15 is 0 Å². The smallest absolute Gasteiger partial charge is 0.257 e. The molecule has 0 spiro atoms. The fourth-order valence-electron chi connectivity index (χ4n) is 3.31. The van der Waals surface area contributed by atoms with E-state index in [2.05, 4.69) is 10.6 Å². The van der Waals surface area contributed by atoms with Gasteiger partial charge in [-0.05, 0) is 43.2 Å². The van der Waals surface area contributed by atoms with E-state index in [9.17, 15) is 14.4 Å². The van der Waals surface area contributed by atoms with Crippen LogP contribution in [0.4, 0.5) is 5.69 Å². The maximum atomic E-state index is 12.8. The monoisotopic (exact) mass is 399 g/mol. The van der Waals surface area contributed by atoms with Gasteiger partial charge >= 0.3 is 0 Å². The molecule has 7 heteroatoms. The molecule has 0 unspecified atom stereocenters. The number of amides is 3. The van der Waals surface area contributed by atoms with Gasteiger partial charge in [0, 0.05) is 37.3 Å². The number of rotatable bonds is 4. The van der Waals surface area contributed by atoms with Gasteiger partial charge in [-0.2, -0.15) is 0 Å². The molecule has 2 aromatic carbocycles. The van der Waals surface area contributed by atoms with E-state index in [1.54, 1.807) is 60.5 Å². The number of likely N-dealkylation sites (tertiary alicyclic amines) is 1.